The first-order valence-electron chi connectivity index (χ1n) is 26.0. The minimum Gasteiger partial charge on any atom is -0.462 e. The van der Waals surface area contributed by atoms with Gasteiger partial charge < -0.3 is 14.2 Å². The molecule has 0 aromatic heterocycles. The van der Waals surface area contributed by atoms with Crippen molar-refractivity contribution in [3.05, 3.63) is 158 Å². The number of unbranched alkanes of at least 4 members (excludes halogenated alkanes) is 7. The molecular weight excluding hydrogens is 829 g/mol. The molecular formula is C61H92O6. The van der Waals surface area contributed by atoms with Gasteiger partial charge >= 0.3 is 17.9 Å². The number of ether oxygens (including phenoxy) is 3. The minimum absolute atomic E-state index is 0.162. The molecule has 0 saturated carbocycles. The van der Waals surface area contributed by atoms with E-state index in [1.165, 1.54) is 38.5 Å². The lowest BCUT2D eigenvalue weighted by atomic mass is 10.1. The molecule has 0 aromatic rings. The van der Waals surface area contributed by atoms with Crippen molar-refractivity contribution < 1.29 is 28.6 Å². The molecule has 0 N–H and O–H groups in total. The maximum absolute atomic E-state index is 12.8. The Kier molecular flexibility index (Phi) is 49.7. The van der Waals surface area contributed by atoms with Crippen LogP contribution in [-0.4, -0.2) is 37.2 Å². The Labute approximate surface area is 409 Å². The molecule has 0 aliphatic heterocycles. The summed E-state index contributed by atoms with van der Waals surface area (Å²) in [6, 6.07) is 0. The van der Waals surface area contributed by atoms with Gasteiger partial charge in [0.15, 0.2) is 6.10 Å². The van der Waals surface area contributed by atoms with Crippen LogP contribution in [0.2, 0.25) is 0 Å². The maximum atomic E-state index is 12.8. The lowest BCUT2D eigenvalue weighted by molar-refractivity contribution is -0.166. The summed E-state index contributed by atoms with van der Waals surface area (Å²) in [5, 5.41) is 0. The van der Waals surface area contributed by atoms with E-state index in [2.05, 4.69) is 161 Å². The summed E-state index contributed by atoms with van der Waals surface area (Å²) in [5.41, 5.74) is 0. The Morgan fingerprint density at radius 2 is 0.612 bits per heavy atom. The van der Waals surface area contributed by atoms with E-state index in [1.54, 1.807) is 0 Å². The van der Waals surface area contributed by atoms with E-state index < -0.39 is 18.0 Å². The molecule has 372 valence electrons. The van der Waals surface area contributed by atoms with Crippen LogP contribution >= 0.6 is 0 Å². The third-order valence-electron chi connectivity index (χ3n) is 10.0. The average Bonchev–Trinajstić information content (AvgIpc) is 3.33. The third-order valence-corrected chi connectivity index (χ3v) is 10.0. The molecule has 0 rings (SSSR count). The molecule has 0 aromatic carbocycles. The van der Waals surface area contributed by atoms with Crippen LogP contribution in [0.25, 0.3) is 0 Å². The predicted octanol–water partition coefficient (Wildman–Crippen LogP) is 17.4. The van der Waals surface area contributed by atoms with Gasteiger partial charge in [-0.15, -0.1) is 0 Å². The standard InChI is InChI=1S/C61H92O6/c1-4-7-10-13-16-19-22-25-27-29-30-32-33-36-39-42-45-48-51-54-60(63)66-57-58(56-65-59(62)53-50-47-44-41-38-35-24-21-18-15-12-9-6-3)67-61(64)55-52-49-46-43-40-37-34-31-28-26-23-20-17-14-11-8-5-2/h7-8,10-11,16-17,19-20,25-28,30,32,34-39,43-48,58H,4-6,9,12-15,18,21-24,29,31,33,40-42,49-57H2,1-3H3/b10-7-,11-8-,19-16-,20-17-,27-25-,28-26-,32-30-,37-34-,38-35-,39-36-,46-43-,47-44-,48-45-. The molecule has 0 bridgehead atoms. The molecule has 0 aliphatic carbocycles. The number of carbonyl (C=O) groups excluding carboxylic acids is 3. The molecule has 6 heteroatoms. The number of hydrogen-bond acceptors (Lipinski definition) is 6. The smallest absolute Gasteiger partial charge is 0.306 e. The molecule has 0 spiro atoms. The molecule has 1 unspecified atom stereocenters. The molecule has 0 fully saturated rings. The third kappa shape index (κ3) is 51.9. The van der Waals surface area contributed by atoms with Gasteiger partial charge in [-0.25, -0.2) is 0 Å². The van der Waals surface area contributed by atoms with E-state index in [-0.39, 0.29) is 38.4 Å². The van der Waals surface area contributed by atoms with Gasteiger partial charge in [0.2, 0.25) is 0 Å². The number of esters is 3. The normalized spacial score (nSPS) is 13.4. The highest BCUT2D eigenvalue weighted by molar-refractivity contribution is 5.71. The van der Waals surface area contributed by atoms with Gasteiger partial charge in [0.1, 0.15) is 13.2 Å². The molecule has 0 saturated heterocycles. The zero-order valence-electron chi connectivity index (χ0n) is 42.3. The van der Waals surface area contributed by atoms with Crippen molar-refractivity contribution in [2.75, 3.05) is 13.2 Å². The van der Waals surface area contributed by atoms with E-state index in [4.69, 9.17) is 14.2 Å². The highest BCUT2D eigenvalue weighted by atomic mass is 16.6. The number of rotatable bonds is 44. The minimum atomic E-state index is -0.868. The van der Waals surface area contributed by atoms with Crippen molar-refractivity contribution in [1.82, 2.24) is 0 Å². The summed E-state index contributed by atoms with van der Waals surface area (Å²) in [5.74, 6) is -1.18. The summed E-state index contributed by atoms with van der Waals surface area (Å²) in [4.78, 5) is 37.9. The van der Waals surface area contributed by atoms with E-state index in [1.807, 2.05) is 18.2 Å². The van der Waals surface area contributed by atoms with Gasteiger partial charge in [-0.2, -0.15) is 0 Å². The fourth-order valence-electron chi connectivity index (χ4n) is 6.20. The summed E-state index contributed by atoms with van der Waals surface area (Å²) >= 11 is 0. The highest BCUT2D eigenvalue weighted by Gasteiger charge is 2.19. The van der Waals surface area contributed by atoms with Crippen LogP contribution < -0.4 is 0 Å². The van der Waals surface area contributed by atoms with Gasteiger partial charge in [-0.05, 0) is 116 Å². The van der Waals surface area contributed by atoms with E-state index in [0.29, 0.717) is 19.3 Å². The lowest BCUT2D eigenvalue weighted by Gasteiger charge is -2.18. The Hall–Kier alpha value is -4.97. The first-order valence-corrected chi connectivity index (χ1v) is 26.0. The van der Waals surface area contributed by atoms with Crippen LogP contribution in [0.5, 0.6) is 0 Å². The average molecular weight is 921 g/mol. The van der Waals surface area contributed by atoms with Gasteiger partial charge in [-0.1, -0.05) is 211 Å². The van der Waals surface area contributed by atoms with Crippen LogP contribution in [0.15, 0.2) is 158 Å². The molecule has 0 aliphatic rings. The van der Waals surface area contributed by atoms with Crippen molar-refractivity contribution in [3.63, 3.8) is 0 Å². The van der Waals surface area contributed by atoms with Crippen LogP contribution in [-0.2, 0) is 28.6 Å². The first-order chi connectivity index (χ1) is 33.0. The van der Waals surface area contributed by atoms with E-state index >= 15 is 0 Å². The number of carbonyl (C=O) groups is 3. The van der Waals surface area contributed by atoms with Gasteiger partial charge in [0.05, 0.1) is 0 Å². The fourth-order valence-corrected chi connectivity index (χ4v) is 6.20. The summed E-state index contributed by atoms with van der Waals surface area (Å²) in [6.45, 7) is 6.20. The molecule has 1 atom stereocenters. The fraction of sp³-hybridized carbons (Fsp3) is 0.525. The zero-order chi connectivity index (χ0) is 48.6. The number of allylic oxidation sites excluding steroid dienone is 26. The zero-order valence-corrected chi connectivity index (χ0v) is 42.3. The van der Waals surface area contributed by atoms with Gasteiger partial charge in [0.25, 0.3) is 0 Å². The van der Waals surface area contributed by atoms with Crippen molar-refractivity contribution in [2.45, 2.75) is 194 Å². The summed E-state index contributed by atoms with van der Waals surface area (Å²) in [7, 11) is 0. The van der Waals surface area contributed by atoms with Gasteiger partial charge in [0, 0.05) is 19.3 Å². The van der Waals surface area contributed by atoms with E-state index in [9.17, 15) is 14.4 Å². The largest absolute Gasteiger partial charge is 0.462 e. The Balaban J connectivity index is 4.69. The molecule has 0 radical (unpaired) electrons. The molecule has 6 nitrogen and oxygen atoms in total. The topological polar surface area (TPSA) is 78.9 Å². The van der Waals surface area contributed by atoms with Gasteiger partial charge in [-0.3, -0.25) is 14.4 Å². The second kappa shape index (κ2) is 53.6. The second-order valence-electron chi connectivity index (χ2n) is 16.3. The van der Waals surface area contributed by atoms with Crippen molar-refractivity contribution >= 4 is 17.9 Å². The number of hydrogen-bond donors (Lipinski definition) is 0. The molecule has 0 heterocycles. The summed E-state index contributed by atoms with van der Waals surface area (Å²) < 4.78 is 16.6. The van der Waals surface area contributed by atoms with Crippen molar-refractivity contribution in [3.8, 4) is 0 Å². The second-order valence-corrected chi connectivity index (χ2v) is 16.3. The SMILES string of the molecule is CC/C=C\C/C=C\C/C=C\C/C=C\C/C=C\C/C=C\CCC(=O)OCC(COC(=O)CC/C=C\C/C=C\CCCCCCCC)OC(=O)CCC/C=C\C/C=C\C/C=C\C/C=C\C/C=C\CC. The van der Waals surface area contributed by atoms with Crippen LogP contribution in [0.4, 0.5) is 0 Å². The quantitative estimate of drug-likeness (QED) is 0.0262. The highest BCUT2D eigenvalue weighted by Crippen LogP contribution is 2.09. The maximum Gasteiger partial charge on any atom is 0.306 e. The first kappa shape index (κ1) is 62.0. The van der Waals surface area contributed by atoms with Crippen molar-refractivity contribution in [2.24, 2.45) is 0 Å². The van der Waals surface area contributed by atoms with Crippen LogP contribution in [0.1, 0.15) is 188 Å². The monoisotopic (exact) mass is 921 g/mol. The lowest BCUT2D eigenvalue weighted by Crippen LogP contribution is -2.30. The Bertz CT molecular complexity index is 1570. The van der Waals surface area contributed by atoms with E-state index in [0.717, 1.165) is 89.9 Å². The predicted molar refractivity (Wildman–Crippen MR) is 288 cm³/mol. The van der Waals surface area contributed by atoms with Crippen LogP contribution in [0, 0.1) is 0 Å². The van der Waals surface area contributed by atoms with Crippen LogP contribution in [0.3, 0.4) is 0 Å². The van der Waals surface area contributed by atoms with Crippen molar-refractivity contribution in [1.29, 1.82) is 0 Å². The molecule has 67 heavy (non-hydrogen) atoms. The molecule has 0 amide bonds. The summed E-state index contributed by atoms with van der Waals surface area (Å²) in [6.07, 6.45) is 78.3. The Morgan fingerprint density at radius 3 is 0.970 bits per heavy atom. The Morgan fingerprint density at radius 1 is 0.313 bits per heavy atom.